The molecule has 2 fully saturated rings. The van der Waals surface area contributed by atoms with Crippen LogP contribution in [0.5, 0.6) is 11.5 Å². The predicted molar refractivity (Wildman–Crippen MR) is 323 cm³/mol. The molecule has 8 rings (SSSR count). The highest BCUT2D eigenvalue weighted by Crippen LogP contribution is 2.46. The van der Waals surface area contributed by atoms with Gasteiger partial charge in [-0.15, -0.1) is 0 Å². The van der Waals surface area contributed by atoms with Crippen LogP contribution in [0.2, 0.25) is 0 Å². The number of amides is 2. The summed E-state index contributed by atoms with van der Waals surface area (Å²) in [5, 5.41) is 28.0. The molecule has 0 saturated heterocycles. The van der Waals surface area contributed by atoms with E-state index in [2.05, 4.69) is 10.6 Å². The Morgan fingerprint density at radius 3 is 1.30 bits per heavy atom. The van der Waals surface area contributed by atoms with Crippen LogP contribution in [-0.2, 0) is 47.8 Å². The van der Waals surface area contributed by atoms with E-state index in [9.17, 15) is 41.1 Å². The number of hydrogen-bond donors (Lipinski definition) is 5. The maximum Gasteiger partial charge on any atom is 0.337 e. The molecule has 2 amide bonds. The summed E-state index contributed by atoms with van der Waals surface area (Å²) in [6, 6.07) is 26.5. The highest BCUT2D eigenvalue weighted by atomic mass is 32.2. The van der Waals surface area contributed by atoms with Gasteiger partial charge in [-0.2, -0.15) is 25.4 Å². The minimum absolute atomic E-state index is 0.0435. The molecule has 83 heavy (non-hydrogen) atoms. The summed E-state index contributed by atoms with van der Waals surface area (Å²) in [7, 11) is 0.136. The Bertz CT molecular complexity index is 3420. The molecule has 20 nitrogen and oxygen atoms in total. The van der Waals surface area contributed by atoms with Gasteiger partial charge >= 0.3 is 11.9 Å². The largest absolute Gasteiger partial charge is 0.497 e. The average Bonchev–Trinajstić information content (AvgIpc) is 2.03. The molecule has 450 valence electrons. The number of carbonyl (C=O) groups is 4. The fourth-order valence-electron chi connectivity index (χ4n) is 11.6. The van der Waals surface area contributed by atoms with Crippen molar-refractivity contribution >= 4 is 66.0 Å². The number of nitrogens with two attached hydrogens (primary N) is 2. The van der Waals surface area contributed by atoms with Gasteiger partial charge in [-0.25, -0.2) is 19.9 Å². The number of nitrogens with one attached hydrogen (secondary N) is 2. The normalized spacial score (nSPS) is 14.4. The minimum Gasteiger partial charge on any atom is -0.497 e. The number of aromatic carboxylic acids is 1. The van der Waals surface area contributed by atoms with Gasteiger partial charge in [-0.3, -0.25) is 9.59 Å². The molecule has 0 atom stereocenters. The summed E-state index contributed by atoms with van der Waals surface area (Å²) in [5.41, 5.74) is 8.43. The molecule has 2 heterocycles. The minimum atomic E-state index is -3.69. The molecule has 0 aliphatic heterocycles. The van der Waals surface area contributed by atoms with E-state index >= 15 is 0 Å². The fraction of sp³-hybridized carbons (Fsp3) is 0.475. The van der Waals surface area contributed by atoms with Gasteiger partial charge < -0.3 is 39.1 Å². The van der Waals surface area contributed by atoms with Gasteiger partial charge in [0.2, 0.25) is 11.8 Å². The molecule has 0 unspecified atom stereocenters. The van der Waals surface area contributed by atoms with Crippen molar-refractivity contribution in [3.63, 3.8) is 0 Å². The maximum absolute atomic E-state index is 13.3. The summed E-state index contributed by atoms with van der Waals surface area (Å²) < 4.78 is 67.4. The van der Waals surface area contributed by atoms with Crippen LogP contribution in [-0.4, -0.2) is 125 Å². The van der Waals surface area contributed by atoms with Crippen molar-refractivity contribution in [2.24, 2.45) is 10.3 Å². The number of benzene rings is 4. The SMILES string of the molecule is COC(=O)c1ccc2c(C3CCCCC3)c(-c3ccc(OC)cc3)n(CC(=O)NCCCCCN(C)S(N)(=O)=O)c2c1.COc1ccc(-c2c(C3CCCCC3)c3ccc(C(=O)O)cc3n2CC(=O)NCCCCCN(C)S(N)(=O)=O)cc1. The number of unbranched alkanes of at least 4 members (excludes halogenated alkanes) is 4. The van der Waals surface area contributed by atoms with Crippen LogP contribution >= 0.6 is 0 Å². The van der Waals surface area contributed by atoms with Crippen molar-refractivity contribution in [1.29, 1.82) is 0 Å². The molecule has 6 aromatic rings. The number of carboxylic acid groups (broad SMARTS) is 1. The quantitative estimate of drug-likeness (QED) is 0.0251. The number of hydrogen-bond acceptors (Lipinski definition) is 11. The highest BCUT2D eigenvalue weighted by molar-refractivity contribution is 7.87. The second kappa shape index (κ2) is 29.6. The number of aromatic nitrogens is 2. The molecule has 7 N–H and O–H groups in total. The molecule has 22 heteroatoms. The molecular formula is C61H82N8O12S2. The number of methoxy groups -OCH3 is 3. The van der Waals surface area contributed by atoms with Crippen LogP contribution < -0.4 is 30.4 Å². The van der Waals surface area contributed by atoms with E-state index in [1.807, 2.05) is 75.9 Å². The first-order valence-electron chi connectivity index (χ1n) is 28.7. The molecule has 2 aliphatic carbocycles. The lowest BCUT2D eigenvalue weighted by Gasteiger charge is -2.24. The molecule has 2 aromatic heterocycles. The second-order valence-corrected chi connectivity index (χ2v) is 24.9. The van der Waals surface area contributed by atoms with Gasteiger partial charge in [0.05, 0.1) is 54.9 Å². The first-order chi connectivity index (χ1) is 39.7. The van der Waals surface area contributed by atoms with Gasteiger partial charge in [0, 0.05) is 51.0 Å². The first-order valence-corrected chi connectivity index (χ1v) is 31.7. The Hall–Kier alpha value is -6.82. The molecule has 2 saturated carbocycles. The smallest absolute Gasteiger partial charge is 0.337 e. The number of carboxylic acids is 1. The molecule has 2 aliphatic rings. The summed E-state index contributed by atoms with van der Waals surface area (Å²) in [6.07, 6.45) is 15.4. The summed E-state index contributed by atoms with van der Waals surface area (Å²) in [4.78, 5) is 50.9. The van der Waals surface area contributed by atoms with Gasteiger partial charge in [0.1, 0.15) is 24.6 Å². The standard InChI is InChI=1S/C31H42N4O6S.C30H40N4O6S/c1-34(42(32,38)39)19-9-5-8-18-33-28(36)21-35-27-20-24(31(37)41-3)14-17-26(27)29(22-10-6-4-7-11-22)30(35)23-12-15-25(40-2)16-13-23;1-33(41(31,38)39)18-8-4-7-17-32-27(35)20-34-26-19-23(30(36)37)13-16-25(26)28(21-9-5-3-6-10-21)29(34)22-11-14-24(40-2)15-12-22/h12-17,20,22H,4-11,18-19,21H2,1-3H3,(H,33,36)(H2,32,38,39);11-16,19,21H,3-10,17-18,20H2,1-2H3,(H,32,35)(H,36,37)(H2,31,38,39). The Balaban J connectivity index is 0.000000239. The van der Waals surface area contributed by atoms with Crippen LogP contribution in [0.25, 0.3) is 44.3 Å². The van der Waals surface area contributed by atoms with Gasteiger partial charge in [0.15, 0.2) is 0 Å². The van der Waals surface area contributed by atoms with Crippen molar-refractivity contribution in [3.05, 3.63) is 107 Å². The lowest BCUT2D eigenvalue weighted by Crippen LogP contribution is -2.34. The van der Waals surface area contributed by atoms with Crippen molar-refractivity contribution in [3.8, 4) is 34.0 Å². The first kappa shape index (κ1) is 63.8. The van der Waals surface area contributed by atoms with E-state index < -0.39 is 32.4 Å². The van der Waals surface area contributed by atoms with Crippen molar-refractivity contribution in [2.75, 3.05) is 61.6 Å². The average molecular weight is 1180 g/mol. The van der Waals surface area contributed by atoms with Crippen LogP contribution in [0.1, 0.15) is 146 Å². The third kappa shape index (κ3) is 16.7. The lowest BCUT2D eigenvalue weighted by molar-refractivity contribution is -0.122. The highest BCUT2D eigenvalue weighted by Gasteiger charge is 2.30. The Morgan fingerprint density at radius 1 is 0.554 bits per heavy atom. The lowest BCUT2D eigenvalue weighted by atomic mass is 9.82. The number of rotatable bonds is 26. The van der Waals surface area contributed by atoms with Crippen molar-refractivity contribution in [1.82, 2.24) is 28.4 Å². The van der Waals surface area contributed by atoms with Crippen molar-refractivity contribution < 1.29 is 55.3 Å². The predicted octanol–water partition coefficient (Wildman–Crippen LogP) is 9.06. The molecular weight excluding hydrogens is 1100 g/mol. The summed E-state index contributed by atoms with van der Waals surface area (Å²) >= 11 is 0. The number of esters is 1. The third-order valence-corrected chi connectivity index (χ3v) is 18.1. The zero-order chi connectivity index (χ0) is 59.8. The Labute approximate surface area is 488 Å². The fourth-order valence-corrected chi connectivity index (χ4v) is 12.3. The monoisotopic (exact) mass is 1180 g/mol. The van der Waals surface area contributed by atoms with Gasteiger partial charge in [-0.05, 0) is 158 Å². The molecule has 0 radical (unpaired) electrons. The van der Waals surface area contributed by atoms with Crippen molar-refractivity contribution in [2.45, 2.75) is 128 Å². The van der Waals surface area contributed by atoms with Crippen LogP contribution in [0.15, 0.2) is 84.9 Å². The Morgan fingerprint density at radius 2 is 0.940 bits per heavy atom. The molecule has 0 bridgehead atoms. The van der Waals surface area contributed by atoms with Crippen LogP contribution in [0.3, 0.4) is 0 Å². The topological polar surface area (TPSA) is 277 Å². The third-order valence-electron chi connectivity index (χ3n) is 16.0. The zero-order valence-electron chi connectivity index (χ0n) is 48.5. The molecule has 0 spiro atoms. The maximum atomic E-state index is 13.3. The second-order valence-electron chi connectivity index (χ2n) is 21.6. The van der Waals surface area contributed by atoms with E-state index in [0.717, 1.165) is 129 Å². The number of nitrogens with zero attached hydrogens (tertiary/aromatic N) is 4. The van der Waals surface area contributed by atoms with Crippen LogP contribution in [0.4, 0.5) is 0 Å². The van der Waals surface area contributed by atoms with Gasteiger partial charge in [0.25, 0.3) is 20.4 Å². The van der Waals surface area contributed by atoms with E-state index in [1.54, 1.807) is 32.4 Å². The number of carbonyl (C=O) groups excluding carboxylic acids is 3. The van der Waals surface area contributed by atoms with Gasteiger partial charge in [-0.1, -0.05) is 63.5 Å². The summed E-state index contributed by atoms with van der Waals surface area (Å²) in [5.74, 6) is 0.408. The number of fused-ring (bicyclic) bond motifs is 2. The zero-order valence-corrected chi connectivity index (χ0v) is 50.1. The van der Waals surface area contributed by atoms with Crippen LogP contribution in [0, 0.1) is 0 Å². The van der Waals surface area contributed by atoms with E-state index in [0.29, 0.717) is 69.3 Å². The molecule has 4 aromatic carbocycles. The van der Waals surface area contributed by atoms with E-state index in [1.165, 1.54) is 45.2 Å². The Kier molecular flexibility index (Phi) is 22.8. The van der Waals surface area contributed by atoms with E-state index in [-0.39, 0.29) is 30.5 Å². The number of ether oxygens (including phenoxy) is 3. The summed E-state index contributed by atoms with van der Waals surface area (Å²) in [6.45, 7) is 1.71. The van der Waals surface area contributed by atoms with E-state index in [4.69, 9.17) is 24.5 Å².